The van der Waals surface area contributed by atoms with E-state index < -0.39 is 11.2 Å². The Kier molecular flexibility index (Phi) is 6.14. The van der Waals surface area contributed by atoms with Crippen molar-refractivity contribution in [1.29, 1.82) is 0 Å². The number of rotatable bonds is 6. The van der Waals surface area contributed by atoms with Crippen molar-refractivity contribution in [3.63, 3.8) is 0 Å². The lowest BCUT2D eigenvalue weighted by atomic mass is 10.3. The SMILES string of the molecule is C#Cc1cccc(-c2nc(Nc3cccc([S+](C)[O-])c3)cc(NC(C)C)n2)n1. The zero-order chi connectivity index (χ0) is 20.1. The highest BCUT2D eigenvalue weighted by Gasteiger charge is 2.11. The Balaban J connectivity index is 2.00. The standard InChI is InChI=1S/C21H21N5OS/c1-5-15-8-7-11-18(23-15)21-25-19(22-14(2)3)13-20(26-21)24-16-9-6-10-17(12-16)28(4)27/h1,6-14H,2-4H3,(H2,22,24,25,26). The van der Waals surface area contributed by atoms with Crippen molar-refractivity contribution in [2.24, 2.45) is 0 Å². The summed E-state index contributed by atoms with van der Waals surface area (Å²) < 4.78 is 11.7. The van der Waals surface area contributed by atoms with Crippen LogP contribution < -0.4 is 10.6 Å². The van der Waals surface area contributed by atoms with Crippen LogP contribution >= 0.6 is 0 Å². The number of aromatic nitrogens is 3. The fourth-order valence-corrected chi connectivity index (χ4v) is 3.10. The van der Waals surface area contributed by atoms with Gasteiger partial charge in [0.1, 0.15) is 29.3 Å². The summed E-state index contributed by atoms with van der Waals surface area (Å²) in [7, 11) is 0. The molecule has 1 unspecified atom stereocenters. The quantitative estimate of drug-likeness (QED) is 0.491. The summed E-state index contributed by atoms with van der Waals surface area (Å²) in [6.07, 6.45) is 7.11. The molecule has 0 amide bonds. The molecule has 0 aliphatic carbocycles. The number of hydrogen-bond donors (Lipinski definition) is 2. The molecule has 0 bridgehead atoms. The third kappa shape index (κ3) is 5.00. The van der Waals surface area contributed by atoms with Crippen LogP contribution in [-0.2, 0) is 11.2 Å². The van der Waals surface area contributed by atoms with Gasteiger partial charge in [0.2, 0.25) is 0 Å². The molecule has 0 radical (unpaired) electrons. The second kappa shape index (κ2) is 8.74. The molecular weight excluding hydrogens is 370 g/mol. The average molecular weight is 392 g/mol. The van der Waals surface area contributed by atoms with Gasteiger partial charge < -0.3 is 15.2 Å². The normalized spacial score (nSPS) is 11.7. The van der Waals surface area contributed by atoms with E-state index in [0.717, 1.165) is 10.6 Å². The van der Waals surface area contributed by atoms with E-state index in [-0.39, 0.29) is 6.04 Å². The molecule has 0 spiro atoms. The second-order valence-electron chi connectivity index (χ2n) is 6.42. The molecule has 7 heteroatoms. The average Bonchev–Trinajstić information content (AvgIpc) is 2.67. The highest BCUT2D eigenvalue weighted by molar-refractivity contribution is 7.90. The first-order chi connectivity index (χ1) is 13.4. The summed E-state index contributed by atoms with van der Waals surface area (Å²) in [6, 6.07) is 14.8. The lowest BCUT2D eigenvalue weighted by Gasteiger charge is -2.14. The summed E-state index contributed by atoms with van der Waals surface area (Å²) in [5, 5.41) is 6.55. The molecule has 0 saturated carbocycles. The van der Waals surface area contributed by atoms with Crippen LogP contribution in [0.15, 0.2) is 53.4 Å². The van der Waals surface area contributed by atoms with E-state index in [4.69, 9.17) is 6.42 Å². The second-order valence-corrected chi connectivity index (χ2v) is 7.80. The Morgan fingerprint density at radius 1 is 1.04 bits per heavy atom. The van der Waals surface area contributed by atoms with Gasteiger partial charge in [-0.3, -0.25) is 0 Å². The summed E-state index contributed by atoms with van der Waals surface area (Å²) in [5.74, 6) is 4.26. The molecule has 3 aromatic rings. The molecule has 6 nitrogen and oxygen atoms in total. The van der Waals surface area contributed by atoms with Gasteiger partial charge in [0, 0.05) is 23.9 Å². The van der Waals surface area contributed by atoms with Crippen LogP contribution in [0.2, 0.25) is 0 Å². The van der Waals surface area contributed by atoms with Gasteiger partial charge in [-0.15, -0.1) is 6.42 Å². The monoisotopic (exact) mass is 391 g/mol. The predicted octanol–water partition coefficient (Wildman–Crippen LogP) is 3.82. The number of anilines is 3. The van der Waals surface area contributed by atoms with Crippen molar-refractivity contribution in [2.45, 2.75) is 24.8 Å². The van der Waals surface area contributed by atoms with E-state index in [9.17, 15) is 4.55 Å². The van der Waals surface area contributed by atoms with E-state index in [1.165, 1.54) is 0 Å². The fraction of sp³-hybridized carbons (Fsp3) is 0.190. The Bertz CT molecular complexity index is 1010. The number of terminal acetylenes is 1. The van der Waals surface area contributed by atoms with Gasteiger partial charge in [-0.1, -0.05) is 18.1 Å². The van der Waals surface area contributed by atoms with E-state index in [1.807, 2.05) is 56.3 Å². The number of benzene rings is 1. The maximum Gasteiger partial charge on any atom is 0.182 e. The maximum absolute atomic E-state index is 11.7. The Labute approximate surface area is 168 Å². The van der Waals surface area contributed by atoms with Crippen LogP contribution in [0.5, 0.6) is 0 Å². The first-order valence-electron chi connectivity index (χ1n) is 8.75. The molecule has 28 heavy (non-hydrogen) atoms. The van der Waals surface area contributed by atoms with Crippen molar-refractivity contribution in [3.8, 4) is 23.9 Å². The molecular formula is C21H21N5OS. The first-order valence-corrected chi connectivity index (χ1v) is 10.3. The van der Waals surface area contributed by atoms with E-state index in [2.05, 4.69) is 31.5 Å². The number of hydrogen-bond acceptors (Lipinski definition) is 6. The van der Waals surface area contributed by atoms with Crippen LogP contribution in [-0.4, -0.2) is 31.8 Å². The fourth-order valence-electron chi connectivity index (χ4n) is 2.54. The lowest BCUT2D eigenvalue weighted by molar-refractivity contribution is 0.601. The predicted molar refractivity (Wildman–Crippen MR) is 114 cm³/mol. The maximum atomic E-state index is 11.7. The number of pyridine rings is 1. The van der Waals surface area contributed by atoms with Gasteiger partial charge in [-0.05, 0) is 49.3 Å². The molecule has 142 valence electrons. The van der Waals surface area contributed by atoms with Gasteiger partial charge in [0.05, 0.1) is 0 Å². The van der Waals surface area contributed by atoms with Crippen LogP contribution in [0.3, 0.4) is 0 Å². The molecule has 2 aromatic heterocycles. The minimum absolute atomic E-state index is 0.200. The van der Waals surface area contributed by atoms with E-state index in [0.29, 0.717) is 28.8 Å². The highest BCUT2D eigenvalue weighted by Crippen LogP contribution is 2.24. The summed E-state index contributed by atoms with van der Waals surface area (Å²) in [4.78, 5) is 14.3. The van der Waals surface area contributed by atoms with Crippen LogP contribution in [0.1, 0.15) is 19.5 Å². The molecule has 1 aromatic carbocycles. The molecule has 1 atom stereocenters. The van der Waals surface area contributed by atoms with Gasteiger partial charge in [-0.25, -0.2) is 15.0 Å². The van der Waals surface area contributed by atoms with Gasteiger partial charge >= 0.3 is 0 Å². The van der Waals surface area contributed by atoms with Crippen LogP contribution in [0.25, 0.3) is 11.5 Å². The van der Waals surface area contributed by atoms with Gasteiger partial charge in [0.15, 0.2) is 10.7 Å². The Morgan fingerprint density at radius 3 is 2.50 bits per heavy atom. The molecule has 0 fully saturated rings. The zero-order valence-electron chi connectivity index (χ0n) is 15.9. The molecule has 3 rings (SSSR count). The molecule has 0 aliphatic heterocycles. The summed E-state index contributed by atoms with van der Waals surface area (Å²) in [6.45, 7) is 4.07. The third-order valence-corrected chi connectivity index (χ3v) is 4.64. The highest BCUT2D eigenvalue weighted by atomic mass is 32.2. The van der Waals surface area contributed by atoms with Gasteiger partial charge in [-0.2, -0.15) is 0 Å². The molecule has 0 aliphatic rings. The minimum atomic E-state index is -1.06. The zero-order valence-corrected chi connectivity index (χ0v) is 16.7. The molecule has 0 saturated heterocycles. The van der Waals surface area contributed by atoms with Crippen molar-refractivity contribution < 1.29 is 4.55 Å². The van der Waals surface area contributed by atoms with Crippen LogP contribution in [0, 0.1) is 12.3 Å². The van der Waals surface area contributed by atoms with Crippen molar-refractivity contribution in [1.82, 2.24) is 15.0 Å². The largest absolute Gasteiger partial charge is 0.612 e. The van der Waals surface area contributed by atoms with Crippen molar-refractivity contribution in [2.75, 3.05) is 16.9 Å². The third-order valence-electron chi connectivity index (χ3n) is 3.73. The smallest absolute Gasteiger partial charge is 0.182 e. The topological polar surface area (TPSA) is 85.8 Å². The molecule has 2 N–H and O–H groups in total. The first kappa shape index (κ1) is 19.7. The molecule has 2 heterocycles. The van der Waals surface area contributed by atoms with Crippen molar-refractivity contribution >= 4 is 28.5 Å². The number of nitrogens with one attached hydrogen (secondary N) is 2. The van der Waals surface area contributed by atoms with E-state index >= 15 is 0 Å². The Hall–Kier alpha value is -3.08. The number of nitrogens with zero attached hydrogens (tertiary/aromatic N) is 3. The van der Waals surface area contributed by atoms with E-state index in [1.54, 1.807) is 12.3 Å². The lowest BCUT2D eigenvalue weighted by Crippen LogP contribution is -2.12. The Morgan fingerprint density at radius 2 is 1.79 bits per heavy atom. The van der Waals surface area contributed by atoms with Gasteiger partial charge in [0.25, 0.3) is 0 Å². The van der Waals surface area contributed by atoms with Crippen molar-refractivity contribution in [3.05, 3.63) is 54.2 Å². The van der Waals surface area contributed by atoms with Crippen LogP contribution in [0.4, 0.5) is 17.3 Å². The summed E-state index contributed by atoms with van der Waals surface area (Å²) in [5.41, 5.74) is 1.91. The minimum Gasteiger partial charge on any atom is -0.612 e. The summed E-state index contributed by atoms with van der Waals surface area (Å²) >= 11 is -1.06.